The summed E-state index contributed by atoms with van der Waals surface area (Å²) in [5.74, 6) is 5.77. The van der Waals surface area contributed by atoms with Crippen LogP contribution in [-0.4, -0.2) is 11.4 Å². The van der Waals surface area contributed by atoms with E-state index in [1.807, 2.05) is 6.92 Å². The Balaban J connectivity index is 3.07. The van der Waals surface area contributed by atoms with Gasteiger partial charge in [-0.05, 0) is 27.9 Å². The Labute approximate surface area is 91.1 Å². The molecule has 0 bridgehead atoms. The fourth-order valence-electron chi connectivity index (χ4n) is 0.885. The van der Waals surface area contributed by atoms with Crippen molar-refractivity contribution in [1.82, 2.24) is 4.98 Å². The second-order valence-corrected chi connectivity index (χ2v) is 3.38. The van der Waals surface area contributed by atoms with Crippen LogP contribution in [0.1, 0.15) is 19.0 Å². The monoisotopic (exact) mass is 252 g/mol. The topological polar surface area (TPSA) is 42.0 Å². The molecule has 4 heteroatoms. The molecule has 0 radical (unpaired) electrons. The van der Waals surface area contributed by atoms with Crippen LogP contribution in [0, 0.1) is 11.8 Å². The zero-order valence-corrected chi connectivity index (χ0v) is 9.26. The molecule has 0 atom stereocenters. The number of hydrogen-bond acceptors (Lipinski definition) is 2. The highest BCUT2D eigenvalue weighted by atomic mass is 79.9. The van der Waals surface area contributed by atoms with Crippen LogP contribution in [0.3, 0.4) is 0 Å². The third-order valence-electron chi connectivity index (χ3n) is 1.45. The summed E-state index contributed by atoms with van der Waals surface area (Å²) < 4.78 is 0.809. The van der Waals surface area contributed by atoms with Gasteiger partial charge >= 0.3 is 0 Å². The molecule has 0 saturated carbocycles. The quantitative estimate of drug-likeness (QED) is 0.648. The van der Waals surface area contributed by atoms with Gasteiger partial charge in [0.15, 0.2) is 0 Å². The minimum absolute atomic E-state index is 0.585. The van der Waals surface area contributed by atoms with Crippen LogP contribution in [0.15, 0.2) is 16.7 Å². The SMILES string of the molecule is CCC#Cc1ncc(Br)cc1NC=O. The summed E-state index contributed by atoms with van der Waals surface area (Å²) in [4.78, 5) is 14.4. The number of rotatable bonds is 2. The highest BCUT2D eigenvalue weighted by Crippen LogP contribution is 2.17. The standard InChI is InChI=1S/C10H9BrN2O/c1-2-3-4-9-10(13-7-14)5-8(11)6-12-9/h5-7H,2H2,1H3,(H,13,14). The maximum Gasteiger partial charge on any atom is 0.211 e. The lowest BCUT2D eigenvalue weighted by Gasteiger charge is -2.01. The van der Waals surface area contributed by atoms with Crippen molar-refractivity contribution in [2.24, 2.45) is 0 Å². The van der Waals surface area contributed by atoms with Crippen LogP contribution < -0.4 is 5.32 Å². The van der Waals surface area contributed by atoms with Gasteiger partial charge in [-0.25, -0.2) is 4.98 Å². The highest BCUT2D eigenvalue weighted by molar-refractivity contribution is 9.10. The maximum absolute atomic E-state index is 10.3. The number of aromatic nitrogens is 1. The molecule has 1 N–H and O–H groups in total. The number of pyridine rings is 1. The van der Waals surface area contributed by atoms with Gasteiger partial charge in [-0.1, -0.05) is 12.8 Å². The molecule has 72 valence electrons. The van der Waals surface area contributed by atoms with Gasteiger partial charge in [0.05, 0.1) is 5.69 Å². The van der Waals surface area contributed by atoms with E-state index in [1.54, 1.807) is 12.3 Å². The lowest BCUT2D eigenvalue weighted by molar-refractivity contribution is -0.105. The van der Waals surface area contributed by atoms with Crippen LogP contribution in [0.4, 0.5) is 5.69 Å². The van der Waals surface area contributed by atoms with Gasteiger partial charge in [0.25, 0.3) is 0 Å². The molecule has 1 aromatic rings. The number of halogens is 1. The fourth-order valence-corrected chi connectivity index (χ4v) is 1.22. The average Bonchev–Trinajstić information content (AvgIpc) is 2.17. The molecule has 1 heterocycles. The Morgan fingerprint density at radius 1 is 1.71 bits per heavy atom. The average molecular weight is 253 g/mol. The van der Waals surface area contributed by atoms with Crippen LogP contribution in [0.2, 0.25) is 0 Å². The van der Waals surface area contributed by atoms with Crippen LogP contribution >= 0.6 is 15.9 Å². The highest BCUT2D eigenvalue weighted by Gasteiger charge is 2.00. The summed E-state index contributed by atoms with van der Waals surface area (Å²) in [6.07, 6.45) is 3.02. The Bertz CT molecular complexity index is 393. The summed E-state index contributed by atoms with van der Waals surface area (Å²) in [5, 5.41) is 2.55. The number of nitrogens with zero attached hydrogens (tertiary/aromatic N) is 1. The Morgan fingerprint density at radius 2 is 2.50 bits per heavy atom. The largest absolute Gasteiger partial charge is 0.326 e. The van der Waals surface area contributed by atoms with Crippen LogP contribution in [0.25, 0.3) is 0 Å². The molecule has 1 rings (SSSR count). The second-order valence-electron chi connectivity index (χ2n) is 2.47. The predicted octanol–water partition coefficient (Wildman–Crippen LogP) is 2.17. The molecule has 0 aliphatic heterocycles. The van der Waals surface area contributed by atoms with E-state index >= 15 is 0 Å². The minimum atomic E-state index is 0.585. The molecule has 0 spiro atoms. The van der Waals surface area contributed by atoms with Crippen molar-refractivity contribution >= 4 is 28.0 Å². The normalized spacial score (nSPS) is 8.71. The van der Waals surface area contributed by atoms with E-state index in [0.717, 1.165) is 10.9 Å². The molecule has 1 amide bonds. The van der Waals surface area contributed by atoms with Crippen molar-refractivity contribution in [3.05, 3.63) is 22.4 Å². The third kappa shape index (κ3) is 2.86. The first-order valence-corrected chi connectivity index (χ1v) is 4.91. The molecule has 0 aliphatic rings. The number of carbonyl (C=O) groups excluding carboxylic acids is 1. The summed E-state index contributed by atoms with van der Waals surface area (Å²) in [5.41, 5.74) is 1.21. The molecule has 14 heavy (non-hydrogen) atoms. The first kappa shape index (κ1) is 10.7. The third-order valence-corrected chi connectivity index (χ3v) is 1.89. The molecular weight excluding hydrogens is 244 g/mol. The van der Waals surface area contributed by atoms with Crippen molar-refractivity contribution in [2.75, 3.05) is 5.32 Å². The van der Waals surface area contributed by atoms with E-state index in [1.165, 1.54) is 0 Å². The first-order chi connectivity index (χ1) is 6.77. The Kier molecular flexibility index (Phi) is 4.14. The van der Waals surface area contributed by atoms with Crippen molar-refractivity contribution < 1.29 is 4.79 Å². The minimum Gasteiger partial charge on any atom is -0.326 e. The summed E-state index contributed by atoms with van der Waals surface area (Å²) in [6, 6.07) is 1.76. The van der Waals surface area contributed by atoms with Crippen molar-refractivity contribution in [2.45, 2.75) is 13.3 Å². The van der Waals surface area contributed by atoms with Gasteiger partial charge in [-0.15, -0.1) is 0 Å². The van der Waals surface area contributed by atoms with E-state index in [0.29, 0.717) is 17.8 Å². The molecule has 0 fully saturated rings. The van der Waals surface area contributed by atoms with Crippen molar-refractivity contribution in [3.63, 3.8) is 0 Å². The smallest absolute Gasteiger partial charge is 0.211 e. The van der Waals surface area contributed by atoms with Gasteiger partial charge in [0.1, 0.15) is 5.69 Å². The number of hydrogen-bond donors (Lipinski definition) is 1. The lowest BCUT2D eigenvalue weighted by atomic mass is 10.3. The Morgan fingerprint density at radius 3 is 3.14 bits per heavy atom. The fraction of sp³-hybridized carbons (Fsp3) is 0.200. The van der Waals surface area contributed by atoms with Gasteiger partial charge in [0.2, 0.25) is 6.41 Å². The van der Waals surface area contributed by atoms with Crippen molar-refractivity contribution in [3.8, 4) is 11.8 Å². The van der Waals surface area contributed by atoms with E-state index in [4.69, 9.17) is 0 Å². The summed E-state index contributed by atoms with van der Waals surface area (Å²) >= 11 is 3.27. The lowest BCUT2D eigenvalue weighted by Crippen LogP contribution is -1.98. The number of anilines is 1. The van der Waals surface area contributed by atoms with E-state index in [2.05, 4.69) is 38.1 Å². The van der Waals surface area contributed by atoms with E-state index < -0.39 is 0 Å². The van der Waals surface area contributed by atoms with Crippen LogP contribution in [-0.2, 0) is 4.79 Å². The molecule has 1 aromatic heterocycles. The van der Waals surface area contributed by atoms with Gasteiger partial charge < -0.3 is 5.32 Å². The van der Waals surface area contributed by atoms with E-state index in [-0.39, 0.29) is 0 Å². The number of carbonyl (C=O) groups is 1. The zero-order valence-electron chi connectivity index (χ0n) is 7.67. The molecule has 3 nitrogen and oxygen atoms in total. The van der Waals surface area contributed by atoms with E-state index in [9.17, 15) is 4.79 Å². The second kappa shape index (κ2) is 5.40. The molecular formula is C10H9BrN2O. The summed E-state index contributed by atoms with van der Waals surface area (Å²) in [6.45, 7) is 1.96. The molecule has 0 saturated heterocycles. The number of nitrogens with one attached hydrogen (secondary N) is 1. The van der Waals surface area contributed by atoms with Gasteiger partial charge in [-0.3, -0.25) is 4.79 Å². The molecule has 0 aliphatic carbocycles. The summed E-state index contributed by atoms with van der Waals surface area (Å²) in [7, 11) is 0. The Hall–Kier alpha value is -1.34. The van der Waals surface area contributed by atoms with Gasteiger partial charge in [0, 0.05) is 17.1 Å². The maximum atomic E-state index is 10.3. The molecule has 0 unspecified atom stereocenters. The van der Waals surface area contributed by atoms with Gasteiger partial charge in [-0.2, -0.15) is 0 Å². The number of amides is 1. The molecule has 0 aromatic carbocycles. The first-order valence-electron chi connectivity index (χ1n) is 4.12. The van der Waals surface area contributed by atoms with Crippen molar-refractivity contribution in [1.29, 1.82) is 0 Å². The predicted molar refractivity (Wildman–Crippen MR) is 58.8 cm³/mol. The zero-order chi connectivity index (χ0) is 10.4. The van der Waals surface area contributed by atoms with Crippen LogP contribution in [0.5, 0.6) is 0 Å².